The Morgan fingerprint density at radius 1 is 0.971 bits per heavy atom. The molecule has 3 N–H and O–H groups in total. The molecule has 35 heavy (non-hydrogen) atoms. The van der Waals surface area contributed by atoms with Gasteiger partial charge in [-0.15, -0.1) is 0 Å². The molecular formula is C28H36N2O5. The van der Waals surface area contributed by atoms with Crippen LogP contribution in [0.2, 0.25) is 0 Å². The lowest BCUT2D eigenvalue weighted by Gasteiger charge is -2.26. The van der Waals surface area contributed by atoms with Crippen LogP contribution in [0.4, 0.5) is 4.79 Å². The molecule has 0 radical (unpaired) electrons. The van der Waals surface area contributed by atoms with Crippen LogP contribution < -0.4 is 10.6 Å². The van der Waals surface area contributed by atoms with Gasteiger partial charge in [0.15, 0.2) is 0 Å². The maximum Gasteiger partial charge on any atom is 0.407 e. The van der Waals surface area contributed by atoms with E-state index in [4.69, 9.17) is 4.74 Å². The Balaban J connectivity index is 1.66. The number of nitrogens with one attached hydrogen (secondary N) is 2. The van der Waals surface area contributed by atoms with Crippen LogP contribution in [0.15, 0.2) is 48.5 Å². The van der Waals surface area contributed by atoms with E-state index in [-0.39, 0.29) is 30.8 Å². The number of carboxylic acid groups (broad SMARTS) is 1. The highest BCUT2D eigenvalue weighted by Crippen LogP contribution is 2.44. The van der Waals surface area contributed by atoms with Crippen molar-refractivity contribution in [3.8, 4) is 11.1 Å². The zero-order valence-electron chi connectivity index (χ0n) is 20.8. The number of carboxylic acids is 1. The van der Waals surface area contributed by atoms with Gasteiger partial charge in [-0.2, -0.15) is 0 Å². The average Bonchev–Trinajstić information content (AvgIpc) is 3.17. The average molecular weight is 481 g/mol. The van der Waals surface area contributed by atoms with Gasteiger partial charge in [0.2, 0.25) is 5.91 Å². The van der Waals surface area contributed by atoms with Gasteiger partial charge in [0.1, 0.15) is 12.6 Å². The first-order chi connectivity index (χ1) is 16.8. The van der Waals surface area contributed by atoms with Crippen LogP contribution in [0.25, 0.3) is 11.1 Å². The standard InChI is InChI=1S/C28H36N2O5/c1-4-6-11-19(16-25(31)32)29-27(33)26(18(3)5-2)30-28(34)35-17-24-22-14-9-7-12-20(22)21-13-8-10-15-23(21)24/h7-10,12-15,18-19,24,26H,4-6,11,16-17H2,1-3H3,(H,29,33)(H,30,34)(H,31,32)/t18?,19?,26-/m0/s1. The monoisotopic (exact) mass is 480 g/mol. The van der Waals surface area contributed by atoms with Crippen molar-refractivity contribution in [3.63, 3.8) is 0 Å². The lowest BCUT2D eigenvalue weighted by Crippen LogP contribution is -2.53. The normalized spacial score (nSPS) is 14.8. The van der Waals surface area contributed by atoms with Crippen LogP contribution >= 0.6 is 0 Å². The topological polar surface area (TPSA) is 105 Å². The molecule has 0 heterocycles. The van der Waals surface area contributed by atoms with Gasteiger partial charge in [-0.25, -0.2) is 4.79 Å². The molecule has 0 aliphatic heterocycles. The molecule has 7 nitrogen and oxygen atoms in total. The molecule has 2 unspecified atom stereocenters. The number of unbranched alkanes of at least 4 members (excludes halogenated alkanes) is 1. The maximum atomic E-state index is 13.0. The molecule has 0 aromatic heterocycles. The second-order valence-electron chi connectivity index (χ2n) is 9.28. The van der Waals surface area contributed by atoms with E-state index in [0.717, 1.165) is 35.1 Å². The van der Waals surface area contributed by atoms with Gasteiger partial charge in [0.25, 0.3) is 0 Å². The Labute approximate surface area is 207 Å². The first kappa shape index (κ1) is 26.3. The van der Waals surface area contributed by atoms with Crippen molar-refractivity contribution in [2.45, 2.75) is 70.9 Å². The molecule has 1 aliphatic carbocycles. The molecule has 7 heteroatoms. The summed E-state index contributed by atoms with van der Waals surface area (Å²) < 4.78 is 5.63. The largest absolute Gasteiger partial charge is 0.481 e. The molecule has 0 bridgehead atoms. The number of carbonyl (C=O) groups is 3. The van der Waals surface area contributed by atoms with E-state index in [1.54, 1.807) is 0 Å². The summed E-state index contributed by atoms with van der Waals surface area (Å²) in [6.07, 6.45) is 2.15. The minimum Gasteiger partial charge on any atom is -0.481 e. The van der Waals surface area contributed by atoms with Gasteiger partial charge < -0.3 is 20.5 Å². The molecule has 0 fully saturated rings. The first-order valence-corrected chi connectivity index (χ1v) is 12.5. The molecule has 0 saturated heterocycles. The molecule has 2 aromatic rings. The smallest absolute Gasteiger partial charge is 0.407 e. The zero-order valence-corrected chi connectivity index (χ0v) is 20.8. The van der Waals surface area contributed by atoms with E-state index < -0.39 is 24.1 Å². The SMILES string of the molecule is CCCCC(CC(=O)O)NC(=O)[C@@H](NC(=O)OCC1c2ccccc2-c2ccccc21)C(C)CC. The second kappa shape index (κ2) is 12.4. The highest BCUT2D eigenvalue weighted by atomic mass is 16.5. The third kappa shape index (κ3) is 6.62. The van der Waals surface area contributed by atoms with Crippen LogP contribution in [-0.2, 0) is 14.3 Å². The molecule has 2 aromatic carbocycles. The van der Waals surface area contributed by atoms with Crippen molar-refractivity contribution in [1.82, 2.24) is 10.6 Å². The number of amides is 2. The van der Waals surface area contributed by atoms with Crippen molar-refractivity contribution in [3.05, 3.63) is 59.7 Å². The Morgan fingerprint density at radius 2 is 1.57 bits per heavy atom. The number of hydrogen-bond donors (Lipinski definition) is 3. The predicted molar refractivity (Wildman–Crippen MR) is 135 cm³/mol. The predicted octanol–water partition coefficient (Wildman–Crippen LogP) is 5.09. The van der Waals surface area contributed by atoms with Crippen molar-refractivity contribution in [2.24, 2.45) is 5.92 Å². The van der Waals surface area contributed by atoms with Crippen molar-refractivity contribution < 1.29 is 24.2 Å². The number of alkyl carbamates (subject to hydrolysis) is 1. The van der Waals surface area contributed by atoms with E-state index in [0.29, 0.717) is 12.8 Å². The number of carbonyl (C=O) groups excluding carboxylic acids is 2. The highest BCUT2D eigenvalue weighted by molar-refractivity contribution is 5.86. The number of aliphatic carboxylic acids is 1. The van der Waals surface area contributed by atoms with E-state index in [2.05, 4.69) is 34.9 Å². The second-order valence-corrected chi connectivity index (χ2v) is 9.28. The summed E-state index contributed by atoms with van der Waals surface area (Å²) in [7, 11) is 0. The van der Waals surface area contributed by atoms with Crippen molar-refractivity contribution >= 4 is 18.0 Å². The summed E-state index contributed by atoms with van der Waals surface area (Å²) in [5, 5.41) is 14.8. The Hall–Kier alpha value is -3.35. The van der Waals surface area contributed by atoms with Crippen LogP contribution in [0.1, 0.15) is 69.9 Å². The Morgan fingerprint density at radius 3 is 2.11 bits per heavy atom. The van der Waals surface area contributed by atoms with Crippen LogP contribution in [-0.4, -0.2) is 41.8 Å². The molecule has 0 spiro atoms. The minimum atomic E-state index is -0.962. The minimum absolute atomic E-state index is 0.0713. The quantitative estimate of drug-likeness (QED) is 0.392. The van der Waals surface area contributed by atoms with Gasteiger partial charge in [-0.3, -0.25) is 9.59 Å². The third-order valence-electron chi connectivity index (χ3n) is 6.79. The summed E-state index contributed by atoms with van der Waals surface area (Å²) in [6.45, 7) is 6.00. The Bertz CT molecular complexity index is 992. The summed E-state index contributed by atoms with van der Waals surface area (Å²) in [6, 6.07) is 14.9. The van der Waals surface area contributed by atoms with Crippen LogP contribution in [0.5, 0.6) is 0 Å². The summed E-state index contributed by atoms with van der Waals surface area (Å²) in [5.41, 5.74) is 4.52. The van der Waals surface area contributed by atoms with E-state index in [9.17, 15) is 19.5 Å². The van der Waals surface area contributed by atoms with Gasteiger partial charge in [0, 0.05) is 12.0 Å². The number of rotatable bonds is 12. The van der Waals surface area contributed by atoms with E-state index >= 15 is 0 Å². The lowest BCUT2D eigenvalue weighted by molar-refractivity contribution is -0.137. The molecule has 0 saturated carbocycles. The molecule has 2 amide bonds. The lowest BCUT2D eigenvalue weighted by atomic mass is 9.97. The van der Waals surface area contributed by atoms with E-state index in [1.807, 2.05) is 45.0 Å². The first-order valence-electron chi connectivity index (χ1n) is 12.5. The number of hydrogen-bond acceptors (Lipinski definition) is 4. The third-order valence-corrected chi connectivity index (χ3v) is 6.79. The summed E-state index contributed by atoms with van der Waals surface area (Å²) in [4.78, 5) is 37.1. The molecular weight excluding hydrogens is 444 g/mol. The zero-order chi connectivity index (χ0) is 25.4. The molecule has 3 atom stereocenters. The van der Waals surface area contributed by atoms with Gasteiger partial charge in [-0.05, 0) is 34.6 Å². The van der Waals surface area contributed by atoms with Gasteiger partial charge in [0.05, 0.1) is 6.42 Å². The number of ether oxygens (including phenoxy) is 1. The van der Waals surface area contributed by atoms with Crippen molar-refractivity contribution in [2.75, 3.05) is 6.61 Å². The molecule has 1 aliphatic rings. The van der Waals surface area contributed by atoms with Gasteiger partial charge in [-0.1, -0.05) is 88.6 Å². The Kier molecular flexibility index (Phi) is 9.29. The summed E-state index contributed by atoms with van der Waals surface area (Å²) >= 11 is 0. The fourth-order valence-corrected chi connectivity index (χ4v) is 4.65. The fraction of sp³-hybridized carbons (Fsp3) is 0.464. The fourth-order valence-electron chi connectivity index (χ4n) is 4.65. The number of benzene rings is 2. The highest BCUT2D eigenvalue weighted by Gasteiger charge is 2.31. The molecule has 188 valence electrons. The maximum absolute atomic E-state index is 13.0. The van der Waals surface area contributed by atoms with Crippen molar-refractivity contribution in [1.29, 1.82) is 0 Å². The summed E-state index contributed by atoms with van der Waals surface area (Å²) in [5.74, 6) is -1.56. The van der Waals surface area contributed by atoms with Crippen LogP contribution in [0, 0.1) is 5.92 Å². The van der Waals surface area contributed by atoms with Gasteiger partial charge >= 0.3 is 12.1 Å². The van der Waals surface area contributed by atoms with Crippen LogP contribution in [0.3, 0.4) is 0 Å². The molecule has 3 rings (SSSR count). The number of fused-ring (bicyclic) bond motifs is 3. The van der Waals surface area contributed by atoms with E-state index in [1.165, 1.54) is 0 Å².